The van der Waals surface area contributed by atoms with E-state index >= 15 is 0 Å². The minimum atomic E-state index is 0.0312. The first-order valence-corrected chi connectivity index (χ1v) is 6.75. The van der Waals surface area contributed by atoms with Crippen molar-refractivity contribution >= 4 is 28.8 Å². The molecule has 1 saturated heterocycles. The SMILES string of the molecule is CC(=O)NC1CCN(c2cccnc2C(N)=S)CC1. The van der Waals surface area contributed by atoms with Gasteiger partial charge in [-0.25, -0.2) is 0 Å². The summed E-state index contributed by atoms with van der Waals surface area (Å²) in [6.45, 7) is 3.29. The van der Waals surface area contributed by atoms with E-state index in [4.69, 9.17) is 18.0 Å². The second-order valence-electron chi connectivity index (χ2n) is 4.70. The maximum absolute atomic E-state index is 11.0. The molecule has 19 heavy (non-hydrogen) atoms. The summed E-state index contributed by atoms with van der Waals surface area (Å²) in [4.78, 5) is 17.8. The van der Waals surface area contributed by atoms with E-state index in [0.29, 0.717) is 10.7 Å². The number of carbonyl (C=O) groups is 1. The molecule has 1 aromatic heterocycles. The predicted molar refractivity (Wildman–Crippen MR) is 79.2 cm³/mol. The van der Waals surface area contributed by atoms with Gasteiger partial charge in [-0.3, -0.25) is 9.78 Å². The van der Waals surface area contributed by atoms with Crippen LogP contribution >= 0.6 is 12.2 Å². The minimum absolute atomic E-state index is 0.0312. The van der Waals surface area contributed by atoms with Gasteiger partial charge in [0, 0.05) is 32.3 Å². The molecule has 1 aromatic rings. The molecule has 1 amide bonds. The van der Waals surface area contributed by atoms with Crippen molar-refractivity contribution in [3.63, 3.8) is 0 Å². The Kier molecular flexibility index (Phi) is 4.31. The van der Waals surface area contributed by atoms with Crippen LogP contribution in [0.5, 0.6) is 0 Å². The molecular weight excluding hydrogens is 260 g/mol. The quantitative estimate of drug-likeness (QED) is 0.801. The van der Waals surface area contributed by atoms with E-state index in [1.54, 1.807) is 13.1 Å². The third kappa shape index (κ3) is 3.41. The van der Waals surface area contributed by atoms with Crippen molar-refractivity contribution in [2.75, 3.05) is 18.0 Å². The fourth-order valence-corrected chi connectivity index (χ4v) is 2.55. The van der Waals surface area contributed by atoms with Crippen LogP contribution in [0.15, 0.2) is 18.3 Å². The number of thiocarbonyl (C=S) groups is 1. The topological polar surface area (TPSA) is 71.2 Å². The highest BCUT2D eigenvalue weighted by Gasteiger charge is 2.22. The molecular formula is C13H18N4OS. The van der Waals surface area contributed by atoms with Gasteiger partial charge in [0.2, 0.25) is 5.91 Å². The van der Waals surface area contributed by atoms with Crippen LogP contribution in [-0.4, -0.2) is 35.0 Å². The second-order valence-corrected chi connectivity index (χ2v) is 5.14. The summed E-state index contributed by atoms with van der Waals surface area (Å²) in [7, 11) is 0. The van der Waals surface area contributed by atoms with Gasteiger partial charge in [0.25, 0.3) is 0 Å². The van der Waals surface area contributed by atoms with Crippen LogP contribution in [0.4, 0.5) is 5.69 Å². The summed E-state index contributed by atoms with van der Waals surface area (Å²) < 4.78 is 0. The number of pyridine rings is 1. The van der Waals surface area contributed by atoms with Gasteiger partial charge in [-0.15, -0.1) is 0 Å². The van der Waals surface area contributed by atoms with E-state index in [1.807, 2.05) is 12.1 Å². The van der Waals surface area contributed by atoms with Crippen LogP contribution in [0.3, 0.4) is 0 Å². The van der Waals surface area contributed by atoms with Crippen molar-refractivity contribution in [2.24, 2.45) is 5.73 Å². The van der Waals surface area contributed by atoms with Crippen LogP contribution in [0.25, 0.3) is 0 Å². The lowest BCUT2D eigenvalue weighted by atomic mass is 10.0. The first kappa shape index (κ1) is 13.7. The predicted octanol–water partition coefficient (Wildman–Crippen LogP) is 0.821. The summed E-state index contributed by atoms with van der Waals surface area (Å²) in [6.07, 6.45) is 3.54. The van der Waals surface area contributed by atoms with Gasteiger partial charge in [-0.05, 0) is 25.0 Å². The third-order valence-electron chi connectivity index (χ3n) is 3.26. The van der Waals surface area contributed by atoms with Gasteiger partial charge in [0.05, 0.1) is 5.69 Å². The van der Waals surface area contributed by atoms with E-state index < -0.39 is 0 Å². The fraction of sp³-hybridized carbons (Fsp3) is 0.462. The Morgan fingerprint density at radius 2 is 2.21 bits per heavy atom. The summed E-state index contributed by atoms with van der Waals surface area (Å²) >= 11 is 5.03. The Bertz CT molecular complexity index is 483. The number of hydrogen-bond acceptors (Lipinski definition) is 4. The summed E-state index contributed by atoms with van der Waals surface area (Å²) in [5.74, 6) is 0.0312. The average Bonchev–Trinajstić information content (AvgIpc) is 2.39. The summed E-state index contributed by atoms with van der Waals surface area (Å²) in [5.41, 5.74) is 7.36. The van der Waals surface area contributed by atoms with E-state index in [9.17, 15) is 4.79 Å². The number of nitrogens with two attached hydrogens (primary N) is 1. The average molecular weight is 278 g/mol. The van der Waals surface area contributed by atoms with Gasteiger partial charge in [-0.2, -0.15) is 0 Å². The minimum Gasteiger partial charge on any atom is -0.388 e. The zero-order valence-electron chi connectivity index (χ0n) is 10.9. The Morgan fingerprint density at radius 3 is 2.79 bits per heavy atom. The smallest absolute Gasteiger partial charge is 0.217 e. The number of anilines is 1. The maximum Gasteiger partial charge on any atom is 0.217 e. The first-order chi connectivity index (χ1) is 9.08. The molecule has 1 fully saturated rings. The number of aromatic nitrogens is 1. The molecule has 6 heteroatoms. The van der Waals surface area contributed by atoms with Crippen LogP contribution in [0.1, 0.15) is 25.5 Å². The fourth-order valence-electron chi connectivity index (χ4n) is 2.39. The van der Waals surface area contributed by atoms with Gasteiger partial charge in [-0.1, -0.05) is 12.2 Å². The lowest BCUT2D eigenvalue weighted by Crippen LogP contribution is -2.44. The van der Waals surface area contributed by atoms with Crippen molar-refractivity contribution in [1.29, 1.82) is 0 Å². The highest BCUT2D eigenvalue weighted by Crippen LogP contribution is 2.22. The molecule has 0 saturated carbocycles. The van der Waals surface area contributed by atoms with Crippen LogP contribution < -0.4 is 16.0 Å². The molecule has 0 unspecified atom stereocenters. The third-order valence-corrected chi connectivity index (χ3v) is 3.46. The maximum atomic E-state index is 11.0. The normalized spacial score (nSPS) is 16.2. The van der Waals surface area contributed by atoms with Crippen molar-refractivity contribution in [2.45, 2.75) is 25.8 Å². The molecule has 0 atom stereocenters. The monoisotopic (exact) mass is 278 g/mol. The molecule has 102 valence electrons. The van der Waals surface area contributed by atoms with Gasteiger partial charge in [0.15, 0.2) is 0 Å². The van der Waals surface area contributed by atoms with E-state index in [1.165, 1.54) is 0 Å². The van der Waals surface area contributed by atoms with Crippen LogP contribution in [0, 0.1) is 0 Å². The molecule has 3 N–H and O–H groups in total. The Labute approximate surface area is 118 Å². The number of carbonyl (C=O) groups excluding carboxylic acids is 1. The lowest BCUT2D eigenvalue weighted by molar-refractivity contribution is -0.119. The van der Waals surface area contributed by atoms with Crippen molar-refractivity contribution in [3.05, 3.63) is 24.0 Å². The Balaban J connectivity index is 2.05. The van der Waals surface area contributed by atoms with Crippen molar-refractivity contribution in [3.8, 4) is 0 Å². The molecule has 1 aliphatic rings. The molecule has 1 aliphatic heterocycles. The summed E-state index contributed by atoms with van der Waals surface area (Å²) in [5, 5.41) is 2.96. The zero-order chi connectivity index (χ0) is 13.8. The molecule has 0 aliphatic carbocycles. The van der Waals surface area contributed by atoms with E-state index in [-0.39, 0.29) is 11.9 Å². The Hall–Kier alpha value is -1.69. The molecule has 5 nitrogen and oxygen atoms in total. The Morgan fingerprint density at radius 1 is 1.53 bits per heavy atom. The highest BCUT2D eigenvalue weighted by molar-refractivity contribution is 7.80. The van der Waals surface area contributed by atoms with Crippen molar-refractivity contribution < 1.29 is 4.79 Å². The van der Waals surface area contributed by atoms with Gasteiger partial charge >= 0.3 is 0 Å². The molecule has 0 radical (unpaired) electrons. The summed E-state index contributed by atoms with van der Waals surface area (Å²) in [6, 6.07) is 4.13. The molecule has 0 spiro atoms. The largest absolute Gasteiger partial charge is 0.388 e. The highest BCUT2D eigenvalue weighted by atomic mass is 32.1. The lowest BCUT2D eigenvalue weighted by Gasteiger charge is -2.34. The number of rotatable bonds is 3. The molecule has 2 heterocycles. The van der Waals surface area contributed by atoms with E-state index in [2.05, 4.69) is 15.2 Å². The van der Waals surface area contributed by atoms with Gasteiger partial charge in [0.1, 0.15) is 10.7 Å². The number of hydrogen-bond donors (Lipinski definition) is 2. The standard InChI is InChI=1S/C13H18N4OS/c1-9(18)16-10-4-7-17(8-5-10)11-3-2-6-15-12(11)13(14)19/h2-3,6,10H,4-5,7-8H2,1H3,(H2,14,19)(H,16,18). The molecule has 0 bridgehead atoms. The van der Waals surface area contributed by atoms with Crippen molar-refractivity contribution in [1.82, 2.24) is 10.3 Å². The van der Waals surface area contributed by atoms with Crippen LogP contribution in [-0.2, 0) is 4.79 Å². The van der Waals surface area contributed by atoms with E-state index in [0.717, 1.165) is 31.6 Å². The number of amides is 1. The van der Waals surface area contributed by atoms with Crippen LogP contribution in [0.2, 0.25) is 0 Å². The number of piperidine rings is 1. The molecule has 2 rings (SSSR count). The number of nitrogens with one attached hydrogen (secondary N) is 1. The second kappa shape index (κ2) is 5.97. The molecule has 0 aromatic carbocycles. The van der Waals surface area contributed by atoms with Gasteiger partial charge < -0.3 is 16.0 Å². The first-order valence-electron chi connectivity index (χ1n) is 6.35. The zero-order valence-corrected chi connectivity index (χ0v) is 11.7. The number of nitrogens with zero attached hydrogens (tertiary/aromatic N) is 2.